The van der Waals surface area contributed by atoms with Crippen LogP contribution in [-0.4, -0.2) is 100 Å². The molecule has 2 atom stereocenters. The Hall–Kier alpha value is -1.91. The smallest absolute Gasteiger partial charge is 0.408 e. The van der Waals surface area contributed by atoms with E-state index in [0.717, 1.165) is 25.9 Å². The molecule has 0 aromatic rings. The van der Waals surface area contributed by atoms with E-state index in [1.54, 1.807) is 20.8 Å². The normalized spacial score (nSPS) is 13.2. The van der Waals surface area contributed by atoms with Crippen molar-refractivity contribution in [3.8, 4) is 0 Å². The van der Waals surface area contributed by atoms with E-state index in [4.69, 9.17) is 19.9 Å². The van der Waals surface area contributed by atoms with Crippen molar-refractivity contribution in [2.24, 2.45) is 17.6 Å². The molecule has 37 heavy (non-hydrogen) atoms. The van der Waals surface area contributed by atoms with E-state index in [1.165, 1.54) is 0 Å². The number of nitrogens with zero attached hydrogens (tertiary/aromatic N) is 2. The molecule has 220 valence electrons. The van der Waals surface area contributed by atoms with Crippen molar-refractivity contribution in [3.05, 3.63) is 0 Å². The van der Waals surface area contributed by atoms with Crippen LogP contribution < -0.4 is 11.1 Å². The molecular formula is C27H56N4O6. The molecule has 0 rings (SSSR count). The molecule has 0 bridgehead atoms. The summed E-state index contributed by atoms with van der Waals surface area (Å²) in [5.41, 5.74) is 5.10. The van der Waals surface area contributed by atoms with Gasteiger partial charge in [-0.1, -0.05) is 27.7 Å². The first-order valence-electron chi connectivity index (χ1n) is 13.3. The lowest BCUT2D eigenvalue weighted by atomic mass is 10.1. The molecule has 10 heteroatoms. The van der Waals surface area contributed by atoms with Crippen molar-refractivity contribution in [3.63, 3.8) is 0 Å². The van der Waals surface area contributed by atoms with Crippen molar-refractivity contribution >= 4 is 18.0 Å². The monoisotopic (exact) mass is 532 g/mol. The molecule has 0 unspecified atom stereocenters. The van der Waals surface area contributed by atoms with Gasteiger partial charge in [-0.25, -0.2) is 9.59 Å². The van der Waals surface area contributed by atoms with Crippen LogP contribution in [0.15, 0.2) is 0 Å². The van der Waals surface area contributed by atoms with Crippen LogP contribution in [0.25, 0.3) is 0 Å². The third-order valence-corrected chi connectivity index (χ3v) is 4.61. The van der Waals surface area contributed by atoms with Gasteiger partial charge in [0, 0.05) is 0 Å². The summed E-state index contributed by atoms with van der Waals surface area (Å²) in [7, 11) is 7.94. The number of amides is 1. The molecule has 0 aromatic heterocycles. The van der Waals surface area contributed by atoms with Gasteiger partial charge in [0.15, 0.2) is 0 Å². The number of carbonyl (C=O) groups is 3. The summed E-state index contributed by atoms with van der Waals surface area (Å²) in [5, 5.41) is 2.62. The van der Waals surface area contributed by atoms with Crippen molar-refractivity contribution < 1.29 is 28.6 Å². The molecular weight excluding hydrogens is 476 g/mol. The number of hydrogen-bond donors (Lipinski definition) is 2. The molecule has 0 saturated heterocycles. The molecule has 0 fully saturated rings. The average molecular weight is 533 g/mol. The Morgan fingerprint density at radius 2 is 1.22 bits per heavy atom. The molecule has 0 spiro atoms. The van der Waals surface area contributed by atoms with Crippen LogP contribution in [0.2, 0.25) is 0 Å². The maximum absolute atomic E-state index is 12.1. The topological polar surface area (TPSA) is 123 Å². The van der Waals surface area contributed by atoms with Crippen LogP contribution >= 0.6 is 0 Å². The number of ether oxygens (including phenoxy) is 3. The number of rotatable bonds is 15. The number of nitrogens with two attached hydrogens (primary N) is 1. The summed E-state index contributed by atoms with van der Waals surface area (Å²) in [5.74, 6) is -0.0587. The minimum Gasteiger partial charge on any atom is -0.464 e. The highest BCUT2D eigenvalue weighted by atomic mass is 16.6. The third-order valence-electron chi connectivity index (χ3n) is 4.61. The van der Waals surface area contributed by atoms with Crippen LogP contribution in [0.1, 0.15) is 74.1 Å². The highest BCUT2D eigenvalue weighted by molar-refractivity contribution is 5.81. The lowest BCUT2D eigenvalue weighted by Crippen LogP contribution is -2.44. The predicted octanol–water partition coefficient (Wildman–Crippen LogP) is 3.28. The molecule has 0 saturated carbocycles. The Morgan fingerprint density at radius 3 is 1.62 bits per heavy atom. The second-order valence-electron chi connectivity index (χ2n) is 11.7. The van der Waals surface area contributed by atoms with E-state index >= 15 is 0 Å². The van der Waals surface area contributed by atoms with E-state index in [0.29, 0.717) is 32.0 Å². The van der Waals surface area contributed by atoms with Crippen LogP contribution in [0.4, 0.5) is 4.79 Å². The first-order chi connectivity index (χ1) is 16.9. The minimum atomic E-state index is -0.673. The van der Waals surface area contributed by atoms with E-state index in [1.807, 2.05) is 60.8 Å². The van der Waals surface area contributed by atoms with Gasteiger partial charge < -0.3 is 35.1 Å². The zero-order valence-corrected chi connectivity index (χ0v) is 25.4. The maximum Gasteiger partial charge on any atom is 0.408 e. The number of carbonyl (C=O) groups excluding carboxylic acids is 3. The van der Waals surface area contributed by atoms with Gasteiger partial charge in [-0.2, -0.15) is 0 Å². The van der Waals surface area contributed by atoms with Crippen molar-refractivity contribution in [1.29, 1.82) is 0 Å². The largest absolute Gasteiger partial charge is 0.464 e. The number of nitrogens with one attached hydrogen (secondary N) is 1. The Balaban J connectivity index is 0. The maximum atomic E-state index is 12.1. The molecule has 0 heterocycles. The van der Waals surface area contributed by atoms with Gasteiger partial charge in [0.1, 0.15) is 17.7 Å². The first kappa shape index (κ1) is 37.2. The standard InChI is InChI=1S/C16H32N2O4.C11H24N2O2/c1-12(2)11-21-14(19)13(9-8-10-18(6)7)17-15(20)22-16(3,4)5;1-9(2)8-15-11(14)10(12)6-5-7-13(3)4/h12-13H,8-11H2,1-7H3,(H,17,20);9-10H,5-8,12H2,1-4H3/t13-;10-/m00/s1. The van der Waals surface area contributed by atoms with Crippen molar-refractivity contribution in [1.82, 2.24) is 15.1 Å². The lowest BCUT2D eigenvalue weighted by Gasteiger charge is -2.23. The highest BCUT2D eigenvalue weighted by Crippen LogP contribution is 2.09. The second kappa shape index (κ2) is 20.1. The quantitative estimate of drug-likeness (QED) is 0.241. The number of hydrogen-bond acceptors (Lipinski definition) is 9. The fourth-order valence-electron chi connectivity index (χ4n) is 2.76. The summed E-state index contributed by atoms with van der Waals surface area (Å²) < 4.78 is 15.5. The molecule has 0 radical (unpaired) electrons. The zero-order valence-electron chi connectivity index (χ0n) is 25.4. The first-order valence-corrected chi connectivity index (χ1v) is 13.3. The molecule has 1 amide bonds. The molecule has 10 nitrogen and oxygen atoms in total. The van der Waals surface area contributed by atoms with E-state index in [2.05, 4.69) is 10.2 Å². The zero-order chi connectivity index (χ0) is 29.2. The second-order valence-corrected chi connectivity index (χ2v) is 11.7. The van der Waals surface area contributed by atoms with Crippen LogP contribution in [0.3, 0.4) is 0 Å². The van der Waals surface area contributed by atoms with Gasteiger partial charge in [-0.3, -0.25) is 4.79 Å². The molecule has 0 aromatic carbocycles. The van der Waals surface area contributed by atoms with Crippen LogP contribution in [0, 0.1) is 11.8 Å². The summed E-state index contributed by atoms with van der Waals surface area (Å²) in [6.07, 6.45) is 2.32. The van der Waals surface area contributed by atoms with E-state index in [9.17, 15) is 14.4 Å². The Morgan fingerprint density at radius 1 is 0.784 bits per heavy atom. The third kappa shape index (κ3) is 25.5. The summed E-state index contributed by atoms with van der Waals surface area (Å²) in [4.78, 5) is 39.4. The van der Waals surface area contributed by atoms with Crippen molar-refractivity contribution in [2.75, 3.05) is 54.5 Å². The fraction of sp³-hybridized carbons (Fsp3) is 0.889. The van der Waals surface area contributed by atoms with Crippen LogP contribution in [-0.2, 0) is 23.8 Å². The lowest BCUT2D eigenvalue weighted by molar-refractivity contribution is -0.147. The molecule has 0 aliphatic heterocycles. The van der Waals surface area contributed by atoms with Crippen molar-refractivity contribution in [2.45, 2.75) is 91.8 Å². The number of esters is 2. The fourth-order valence-corrected chi connectivity index (χ4v) is 2.76. The molecule has 0 aliphatic carbocycles. The summed E-state index contributed by atoms with van der Waals surface area (Å²) in [6, 6.07) is -1.14. The minimum absolute atomic E-state index is 0.257. The van der Waals surface area contributed by atoms with Gasteiger partial charge >= 0.3 is 18.0 Å². The number of alkyl carbamates (subject to hydrolysis) is 1. The van der Waals surface area contributed by atoms with E-state index < -0.39 is 29.7 Å². The SMILES string of the molecule is CC(C)COC(=O)[C@@H](N)CCCN(C)C.CC(C)COC(=O)[C@H](CCCN(C)C)NC(=O)OC(C)(C)C. The van der Waals surface area contributed by atoms with Gasteiger partial charge in [0.2, 0.25) is 0 Å². The Kier molecular flexibility index (Phi) is 20.2. The van der Waals surface area contributed by atoms with Crippen LogP contribution in [0.5, 0.6) is 0 Å². The van der Waals surface area contributed by atoms with Gasteiger partial charge in [0.05, 0.1) is 13.2 Å². The van der Waals surface area contributed by atoms with Gasteiger partial charge in [-0.05, 0) is 99.6 Å². The molecule has 0 aliphatic rings. The average Bonchev–Trinajstić information content (AvgIpc) is 2.73. The Bertz CT molecular complexity index is 633. The Labute approximate surface area is 225 Å². The summed E-state index contributed by atoms with van der Waals surface area (Å²) in [6.45, 7) is 15.9. The summed E-state index contributed by atoms with van der Waals surface area (Å²) >= 11 is 0. The predicted molar refractivity (Wildman–Crippen MR) is 148 cm³/mol. The van der Waals surface area contributed by atoms with Gasteiger partial charge in [-0.15, -0.1) is 0 Å². The van der Waals surface area contributed by atoms with Gasteiger partial charge in [0.25, 0.3) is 0 Å². The highest BCUT2D eigenvalue weighted by Gasteiger charge is 2.25. The van der Waals surface area contributed by atoms with E-state index in [-0.39, 0.29) is 11.9 Å². The molecule has 3 N–H and O–H groups in total.